The summed E-state index contributed by atoms with van der Waals surface area (Å²) in [6, 6.07) is 2.92. The van der Waals surface area contributed by atoms with Gasteiger partial charge in [0.25, 0.3) is 5.91 Å². The lowest BCUT2D eigenvalue weighted by molar-refractivity contribution is -0.126. The largest absolute Gasteiger partial charge is 0.496 e. The maximum atomic E-state index is 12.9. The second-order valence-corrected chi connectivity index (χ2v) is 8.67. The van der Waals surface area contributed by atoms with Gasteiger partial charge in [-0.1, -0.05) is 17.7 Å². The summed E-state index contributed by atoms with van der Waals surface area (Å²) in [6.07, 6.45) is 7.53. The molecule has 0 aromatic heterocycles. The van der Waals surface area contributed by atoms with E-state index in [9.17, 15) is 9.59 Å². The van der Waals surface area contributed by atoms with Crippen LogP contribution in [0.2, 0.25) is 5.02 Å². The predicted molar refractivity (Wildman–Crippen MR) is 125 cm³/mol. The SMILES string of the molecule is COc1cc(N)c(Cl)cc1C(=O)NC1CCN(CC=CC(=O)N2CCCCC2)CC1OC. The number of piperidine rings is 2. The summed E-state index contributed by atoms with van der Waals surface area (Å²) >= 11 is 6.10. The van der Waals surface area contributed by atoms with Gasteiger partial charge < -0.3 is 25.4 Å². The van der Waals surface area contributed by atoms with Crippen LogP contribution >= 0.6 is 11.6 Å². The van der Waals surface area contributed by atoms with Crippen molar-refractivity contribution in [3.8, 4) is 5.75 Å². The molecule has 0 saturated carbocycles. The van der Waals surface area contributed by atoms with E-state index in [0.717, 1.165) is 38.9 Å². The van der Waals surface area contributed by atoms with Gasteiger partial charge in [-0.05, 0) is 31.7 Å². The number of nitrogens with one attached hydrogen (secondary N) is 1. The van der Waals surface area contributed by atoms with Crippen LogP contribution in [0.15, 0.2) is 24.3 Å². The van der Waals surface area contributed by atoms with Gasteiger partial charge in [0.2, 0.25) is 5.91 Å². The first-order valence-electron chi connectivity index (χ1n) is 11.1. The Balaban J connectivity index is 1.54. The molecule has 2 saturated heterocycles. The van der Waals surface area contributed by atoms with E-state index in [-0.39, 0.29) is 24.0 Å². The quantitative estimate of drug-likeness (QED) is 0.474. The molecule has 176 valence electrons. The third-order valence-electron chi connectivity index (χ3n) is 6.12. The zero-order chi connectivity index (χ0) is 23.1. The topological polar surface area (TPSA) is 97.1 Å². The molecule has 9 heteroatoms. The molecule has 1 aromatic carbocycles. The predicted octanol–water partition coefficient (Wildman–Crippen LogP) is 2.32. The number of ether oxygens (including phenoxy) is 2. The molecule has 0 spiro atoms. The van der Waals surface area contributed by atoms with Crippen molar-refractivity contribution in [2.75, 3.05) is 52.7 Å². The Bertz CT molecular complexity index is 842. The molecule has 3 N–H and O–H groups in total. The zero-order valence-electron chi connectivity index (χ0n) is 18.8. The van der Waals surface area contributed by atoms with E-state index in [2.05, 4.69) is 10.2 Å². The Kier molecular flexibility index (Phi) is 8.78. The van der Waals surface area contributed by atoms with Crippen molar-refractivity contribution in [1.29, 1.82) is 0 Å². The minimum atomic E-state index is -0.281. The molecule has 8 nitrogen and oxygen atoms in total. The lowest BCUT2D eigenvalue weighted by Crippen LogP contribution is -2.54. The second-order valence-electron chi connectivity index (χ2n) is 8.26. The van der Waals surface area contributed by atoms with E-state index < -0.39 is 0 Å². The number of methoxy groups -OCH3 is 2. The number of hydrogen-bond acceptors (Lipinski definition) is 6. The van der Waals surface area contributed by atoms with Gasteiger partial charge in [0, 0.05) is 52.0 Å². The summed E-state index contributed by atoms with van der Waals surface area (Å²) < 4.78 is 11.0. The number of hydrogen-bond donors (Lipinski definition) is 2. The van der Waals surface area contributed by atoms with Crippen LogP contribution in [0.25, 0.3) is 0 Å². The van der Waals surface area contributed by atoms with Gasteiger partial charge in [0.15, 0.2) is 0 Å². The minimum Gasteiger partial charge on any atom is -0.496 e. The van der Waals surface area contributed by atoms with Crippen molar-refractivity contribution in [2.45, 2.75) is 37.8 Å². The summed E-state index contributed by atoms with van der Waals surface area (Å²) in [4.78, 5) is 29.3. The first-order chi connectivity index (χ1) is 15.4. The van der Waals surface area contributed by atoms with E-state index in [1.165, 1.54) is 19.6 Å². The molecule has 0 bridgehead atoms. The molecule has 3 rings (SSSR count). The molecule has 2 atom stereocenters. The van der Waals surface area contributed by atoms with Crippen molar-refractivity contribution >= 4 is 29.1 Å². The average molecular weight is 465 g/mol. The first-order valence-corrected chi connectivity index (χ1v) is 11.4. The van der Waals surface area contributed by atoms with Crippen LogP contribution in [-0.2, 0) is 9.53 Å². The number of carbonyl (C=O) groups excluding carboxylic acids is 2. The highest BCUT2D eigenvalue weighted by atomic mass is 35.5. The Labute approximate surface area is 194 Å². The molecule has 1 aromatic rings. The molecular formula is C23H33ClN4O4. The summed E-state index contributed by atoms with van der Waals surface area (Å²) in [5, 5.41) is 3.35. The molecule has 0 radical (unpaired) electrons. The molecule has 2 aliphatic heterocycles. The summed E-state index contributed by atoms with van der Waals surface area (Å²) in [6.45, 7) is 3.81. The van der Waals surface area contributed by atoms with E-state index in [4.69, 9.17) is 26.8 Å². The van der Waals surface area contributed by atoms with Gasteiger partial charge >= 0.3 is 0 Å². The van der Waals surface area contributed by atoms with Crippen molar-refractivity contribution in [3.63, 3.8) is 0 Å². The Hall–Kier alpha value is -2.29. The molecule has 32 heavy (non-hydrogen) atoms. The van der Waals surface area contributed by atoms with Crippen LogP contribution < -0.4 is 15.8 Å². The lowest BCUT2D eigenvalue weighted by Gasteiger charge is -2.37. The number of anilines is 1. The summed E-state index contributed by atoms with van der Waals surface area (Å²) in [5.74, 6) is 0.182. The van der Waals surface area contributed by atoms with Crippen LogP contribution in [0, 0.1) is 0 Å². The number of amides is 2. The molecule has 0 aliphatic carbocycles. The van der Waals surface area contributed by atoms with Crippen LogP contribution in [0.5, 0.6) is 5.75 Å². The highest BCUT2D eigenvalue weighted by molar-refractivity contribution is 6.33. The van der Waals surface area contributed by atoms with Gasteiger partial charge in [-0.25, -0.2) is 0 Å². The van der Waals surface area contributed by atoms with E-state index in [0.29, 0.717) is 35.1 Å². The number of benzene rings is 1. The molecule has 2 amide bonds. The molecular weight excluding hydrogens is 432 g/mol. The fourth-order valence-corrected chi connectivity index (χ4v) is 4.40. The van der Waals surface area contributed by atoms with Crippen LogP contribution in [-0.4, -0.2) is 80.7 Å². The number of nitrogens with zero attached hydrogens (tertiary/aromatic N) is 2. The Morgan fingerprint density at radius 2 is 1.97 bits per heavy atom. The summed E-state index contributed by atoms with van der Waals surface area (Å²) in [5.41, 5.74) is 6.50. The van der Waals surface area contributed by atoms with Gasteiger partial charge in [-0.3, -0.25) is 14.5 Å². The number of carbonyl (C=O) groups is 2. The van der Waals surface area contributed by atoms with Gasteiger partial charge in [0.1, 0.15) is 5.75 Å². The highest BCUT2D eigenvalue weighted by Gasteiger charge is 2.31. The van der Waals surface area contributed by atoms with Gasteiger partial charge in [-0.2, -0.15) is 0 Å². The average Bonchev–Trinajstić information content (AvgIpc) is 2.81. The monoisotopic (exact) mass is 464 g/mol. The normalized spacial score (nSPS) is 22.2. The third kappa shape index (κ3) is 6.15. The van der Waals surface area contributed by atoms with Crippen LogP contribution in [0.3, 0.4) is 0 Å². The molecule has 2 unspecified atom stereocenters. The Morgan fingerprint density at radius 1 is 1.22 bits per heavy atom. The molecule has 2 heterocycles. The Morgan fingerprint density at radius 3 is 2.66 bits per heavy atom. The van der Waals surface area contributed by atoms with Gasteiger partial charge in [0.05, 0.1) is 35.5 Å². The number of nitrogens with two attached hydrogens (primary N) is 1. The highest BCUT2D eigenvalue weighted by Crippen LogP contribution is 2.29. The number of rotatable bonds is 7. The lowest BCUT2D eigenvalue weighted by atomic mass is 10.0. The third-order valence-corrected chi connectivity index (χ3v) is 6.45. The van der Waals surface area contributed by atoms with E-state index in [1.54, 1.807) is 19.3 Å². The fraction of sp³-hybridized carbons (Fsp3) is 0.565. The number of halogens is 1. The van der Waals surface area contributed by atoms with Crippen molar-refractivity contribution in [2.24, 2.45) is 0 Å². The fourth-order valence-electron chi connectivity index (χ4n) is 4.23. The minimum absolute atomic E-state index is 0.0891. The summed E-state index contributed by atoms with van der Waals surface area (Å²) in [7, 11) is 3.13. The standard InChI is InChI=1S/C23H33ClN4O4/c1-31-20-14-18(25)17(24)13-16(20)23(30)26-19-8-12-27(15-21(19)32-2)9-6-7-22(29)28-10-4-3-5-11-28/h6-7,13-14,19,21H,3-5,8-12,15,25H2,1-2H3,(H,26,30). The molecule has 2 fully saturated rings. The first kappa shape index (κ1) is 24.4. The van der Waals surface area contributed by atoms with Crippen LogP contribution in [0.1, 0.15) is 36.0 Å². The maximum Gasteiger partial charge on any atom is 0.255 e. The van der Waals surface area contributed by atoms with Crippen LogP contribution in [0.4, 0.5) is 5.69 Å². The van der Waals surface area contributed by atoms with Gasteiger partial charge in [-0.15, -0.1) is 0 Å². The zero-order valence-corrected chi connectivity index (χ0v) is 19.6. The smallest absolute Gasteiger partial charge is 0.255 e. The van der Waals surface area contributed by atoms with Crippen molar-refractivity contribution in [3.05, 3.63) is 34.9 Å². The van der Waals surface area contributed by atoms with E-state index in [1.807, 2.05) is 11.0 Å². The van der Waals surface area contributed by atoms with Crippen molar-refractivity contribution in [1.82, 2.24) is 15.1 Å². The maximum absolute atomic E-state index is 12.9. The van der Waals surface area contributed by atoms with Crippen molar-refractivity contribution < 1.29 is 19.1 Å². The second kappa shape index (κ2) is 11.5. The van der Waals surface area contributed by atoms with E-state index >= 15 is 0 Å². The molecule has 2 aliphatic rings. The number of nitrogen functional groups attached to an aromatic ring is 1. The number of likely N-dealkylation sites (tertiary alicyclic amines) is 2.